The van der Waals surface area contributed by atoms with Crippen molar-refractivity contribution in [2.24, 2.45) is 0 Å². The van der Waals surface area contributed by atoms with E-state index in [-0.39, 0.29) is 12.6 Å². The van der Waals surface area contributed by atoms with Crippen LogP contribution >= 0.6 is 0 Å². The Morgan fingerprint density at radius 2 is 1.82 bits per heavy atom. The number of aryl methyl sites for hydroxylation is 1. The van der Waals surface area contributed by atoms with E-state index in [0.717, 1.165) is 82.1 Å². The fourth-order valence-corrected chi connectivity index (χ4v) is 6.19. The van der Waals surface area contributed by atoms with Crippen molar-refractivity contribution in [3.05, 3.63) is 112 Å². The highest BCUT2D eigenvalue weighted by Crippen LogP contribution is 2.37. The van der Waals surface area contributed by atoms with E-state index in [2.05, 4.69) is 79.4 Å². The molecule has 0 saturated carbocycles. The van der Waals surface area contributed by atoms with E-state index in [0.29, 0.717) is 25.4 Å². The van der Waals surface area contributed by atoms with Gasteiger partial charge in [-0.3, -0.25) is 4.90 Å². The first-order chi connectivity index (χ1) is 21.5. The van der Waals surface area contributed by atoms with Crippen LogP contribution in [0, 0.1) is 25.2 Å². The lowest BCUT2D eigenvalue weighted by atomic mass is 9.95. The summed E-state index contributed by atoms with van der Waals surface area (Å²) in [7, 11) is 0. The van der Waals surface area contributed by atoms with Crippen LogP contribution in [0.4, 0.5) is 0 Å². The van der Waals surface area contributed by atoms with E-state index in [4.69, 9.17) is 14.2 Å². The number of hydrogen-bond acceptors (Lipinski definition) is 6. The van der Waals surface area contributed by atoms with Crippen molar-refractivity contribution in [1.29, 1.82) is 5.26 Å². The van der Waals surface area contributed by atoms with E-state index < -0.39 is 0 Å². The number of nitriles is 1. The first-order valence-corrected chi connectivity index (χ1v) is 15.3. The van der Waals surface area contributed by atoms with Gasteiger partial charge in [0.25, 0.3) is 0 Å². The summed E-state index contributed by atoms with van der Waals surface area (Å²) in [4.78, 5) is 2.35. The van der Waals surface area contributed by atoms with Gasteiger partial charge in [0.05, 0.1) is 18.2 Å². The standard InChI is InChI=1S/C38H38N2O4/c1-26-18-28(11-12-31-8-4-10-34(27(31)2)32-13-14-36-38(21-32)43-17-16-42-36)20-37(35(26)23-40-15-5-9-33(40)24-41)44-25-30-7-3-6-29(19-30)22-39/h3-4,6-8,10-14,18-21,33,41H,5,9,15-17,23-25H2,1-2H3/b12-11+/t33-/m0/s1. The molecular formula is C38H38N2O4. The molecule has 0 spiro atoms. The van der Waals surface area contributed by atoms with Crippen molar-refractivity contribution in [2.75, 3.05) is 26.4 Å². The van der Waals surface area contributed by atoms with Gasteiger partial charge in [-0.15, -0.1) is 0 Å². The van der Waals surface area contributed by atoms with E-state index >= 15 is 0 Å². The molecule has 0 aromatic heterocycles. The van der Waals surface area contributed by atoms with Crippen molar-refractivity contribution in [1.82, 2.24) is 4.90 Å². The Morgan fingerprint density at radius 3 is 2.66 bits per heavy atom. The zero-order valence-corrected chi connectivity index (χ0v) is 25.4. The Labute approximate surface area is 259 Å². The highest BCUT2D eigenvalue weighted by Gasteiger charge is 2.25. The van der Waals surface area contributed by atoms with E-state index in [9.17, 15) is 10.4 Å². The fourth-order valence-electron chi connectivity index (χ4n) is 6.19. The van der Waals surface area contributed by atoms with Gasteiger partial charge in [-0.2, -0.15) is 5.26 Å². The smallest absolute Gasteiger partial charge is 0.161 e. The Kier molecular flexibility index (Phi) is 8.97. The molecule has 6 rings (SSSR count). The lowest BCUT2D eigenvalue weighted by molar-refractivity contribution is 0.151. The van der Waals surface area contributed by atoms with Gasteiger partial charge in [-0.1, -0.05) is 54.6 Å². The van der Waals surface area contributed by atoms with Crippen molar-refractivity contribution in [3.63, 3.8) is 0 Å². The molecule has 4 aromatic rings. The van der Waals surface area contributed by atoms with Crippen LogP contribution in [0.5, 0.6) is 17.2 Å². The molecule has 4 aromatic carbocycles. The minimum atomic E-state index is 0.168. The van der Waals surface area contributed by atoms with Gasteiger partial charge in [0, 0.05) is 18.2 Å². The molecule has 44 heavy (non-hydrogen) atoms. The minimum absolute atomic E-state index is 0.168. The molecule has 2 heterocycles. The van der Waals surface area contributed by atoms with Gasteiger partial charge in [0.2, 0.25) is 0 Å². The number of fused-ring (bicyclic) bond motifs is 1. The molecule has 1 saturated heterocycles. The molecule has 2 aliphatic rings. The van der Waals surface area contributed by atoms with Crippen molar-refractivity contribution < 1.29 is 19.3 Å². The van der Waals surface area contributed by atoms with Gasteiger partial charge in [0.1, 0.15) is 25.6 Å². The lowest BCUT2D eigenvalue weighted by Gasteiger charge is -2.25. The predicted octanol–water partition coefficient (Wildman–Crippen LogP) is 7.32. The Balaban J connectivity index is 1.29. The van der Waals surface area contributed by atoms with Gasteiger partial charge in [-0.25, -0.2) is 0 Å². The minimum Gasteiger partial charge on any atom is -0.489 e. The van der Waals surface area contributed by atoms with Crippen LogP contribution in [0.3, 0.4) is 0 Å². The molecule has 1 fully saturated rings. The molecule has 6 nitrogen and oxygen atoms in total. The summed E-state index contributed by atoms with van der Waals surface area (Å²) in [6.07, 6.45) is 6.40. The number of rotatable bonds is 9. The summed E-state index contributed by atoms with van der Waals surface area (Å²) >= 11 is 0. The largest absolute Gasteiger partial charge is 0.489 e. The maximum absolute atomic E-state index is 9.92. The first kappa shape index (κ1) is 29.5. The second-order valence-corrected chi connectivity index (χ2v) is 11.6. The van der Waals surface area contributed by atoms with Crippen LogP contribution < -0.4 is 14.2 Å². The second-order valence-electron chi connectivity index (χ2n) is 11.6. The maximum atomic E-state index is 9.92. The molecule has 0 amide bonds. The lowest BCUT2D eigenvalue weighted by Crippen LogP contribution is -2.32. The Bertz CT molecular complexity index is 1720. The summed E-state index contributed by atoms with van der Waals surface area (Å²) in [6, 6.07) is 26.7. The molecule has 1 N–H and O–H groups in total. The number of likely N-dealkylation sites (tertiary alicyclic amines) is 1. The SMILES string of the molecule is Cc1cc(/C=C/c2cccc(-c3ccc4c(c3)OCCO4)c2C)cc(OCc2cccc(C#N)c2)c1CN1CCC[C@H]1CO. The van der Waals surface area contributed by atoms with Crippen LogP contribution in [0.15, 0.2) is 72.8 Å². The molecule has 0 radical (unpaired) electrons. The average Bonchev–Trinajstić information content (AvgIpc) is 3.51. The number of benzene rings is 4. The third-order valence-corrected chi connectivity index (χ3v) is 8.66. The van der Waals surface area contributed by atoms with Crippen LogP contribution in [0.2, 0.25) is 0 Å². The Hall–Kier alpha value is -4.57. The van der Waals surface area contributed by atoms with Gasteiger partial charge >= 0.3 is 0 Å². The summed E-state index contributed by atoms with van der Waals surface area (Å²) < 4.78 is 18.0. The van der Waals surface area contributed by atoms with E-state index in [1.54, 1.807) is 6.07 Å². The fraction of sp³-hybridized carbons (Fsp3) is 0.289. The molecule has 1 atom stereocenters. The molecule has 0 bridgehead atoms. The predicted molar refractivity (Wildman–Crippen MR) is 174 cm³/mol. The molecule has 224 valence electrons. The first-order valence-electron chi connectivity index (χ1n) is 15.3. The summed E-state index contributed by atoms with van der Waals surface area (Å²) in [5, 5.41) is 19.3. The summed E-state index contributed by atoms with van der Waals surface area (Å²) in [5.41, 5.74) is 9.49. The van der Waals surface area contributed by atoms with Crippen LogP contribution in [-0.2, 0) is 13.2 Å². The van der Waals surface area contributed by atoms with Gasteiger partial charge in [-0.05, 0) is 103 Å². The van der Waals surface area contributed by atoms with Crippen molar-refractivity contribution >= 4 is 12.2 Å². The number of ether oxygens (including phenoxy) is 3. The quantitative estimate of drug-likeness (QED) is 0.207. The maximum Gasteiger partial charge on any atom is 0.161 e. The van der Waals surface area contributed by atoms with Crippen LogP contribution in [0.1, 0.15) is 51.8 Å². The number of hydrogen-bond donors (Lipinski definition) is 1. The average molecular weight is 587 g/mol. The Morgan fingerprint density at radius 1 is 0.977 bits per heavy atom. The molecule has 0 unspecified atom stereocenters. The third kappa shape index (κ3) is 6.50. The topological polar surface area (TPSA) is 75.0 Å². The zero-order valence-electron chi connectivity index (χ0n) is 25.4. The van der Waals surface area contributed by atoms with Crippen LogP contribution in [0.25, 0.3) is 23.3 Å². The van der Waals surface area contributed by atoms with Crippen molar-refractivity contribution in [3.8, 4) is 34.4 Å². The van der Waals surface area contributed by atoms with Crippen molar-refractivity contribution in [2.45, 2.75) is 45.9 Å². The molecule has 6 heteroatoms. The number of aliphatic hydroxyl groups excluding tert-OH is 1. The highest BCUT2D eigenvalue weighted by molar-refractivity contribution is 5.78. The molecule has 2 aliphatic heterocycles. The number of nitrogens with zero attached hydrogens (tertiary/aromatic N) is 2. The summed E-state index contributed by atoms with van der Waals surface area (Å²) in [6.45, 7) is 7.66. The van der Waals surface area contributed by atoms with Gasteiger partial charge in [0.15, 0.2) is 11.5 Å². The molecule has 0 aliphatic carbocycles. The summed E-state index contributed by atoms with van der Waals surface area (Å²) in [5.74, 6) is 2.41. The third-order valence-electron chi connectivity index (χ3n) is 8.66. The van der Waals surface area contributed by atoms with E-state index in [1.807, 2.05) is 24.3 Å². The normalized spacial score (nSPS) is 16.3. The number of aliphatic hydroxyl groups is 1. The van der Waals surface area contributed by atoms with Crippen LogP contribution in [-0.4, -0.2) is 42.4 Å². The van der Waals surface area contributed by atoms with E-state index in [1.165, 1.54) is 5.56 Å². The highest BCUT2D eigenvalue weighted by atomic mass is 16.6. The van der Waals surface area contributed by atoms with Gasteiger partial charge < -0.3 is 19.3 Å². The molecular weight excluding hydrogens is 548 g/mol. The monoisotopic (exact) mass is 586 g/mol. The zero-order chi connectivity index (χ0) is 30.5. The second kappa shape index (κ2) is 13.4.